The first kappa shape index (κ1) is 23.5. The zero-order valence-electron chi connectivity index (χ0n) is 17.7. The Kier molecular flexibility index (Phi) is 8.46. The maximum absolute atomic E-state index is 12.8. The zero-order chi connectivity index (χ0) is 21.5. The van der Waals surface area contributed by atoms with Crippen LogP contribution in [0, 0.1) is 5.92 Å². The highest BCUT2D eigenvalue weighted by molar-refractivity contribution is 5.89. The molecule has 1 aromatic heterocycles. The Labute approximate surface area is 166 Å². The number of amides is 2. The number of nitrogens with zero attached hydrogens (tertiary/aromatic N) is 2. The fourth-order valence-electron chi connectivity index (χ4n) is 2.55. The Morgan fingerprint density at radius 2 is 1.82 bits per heavy atom. The maximum Gasteiger partial charge on any atom is 0.408 e. The molecule has 0 bridgehead atoms. The van der Waals surface area contributed by atoms with Gasteiger partial charge in [-0.1, -0.05) is 13.8 Å². The minimum Gasteiger partial charge on any atom is -0.467 e. The lowest BCUT2D eigenvalue weighted by molar-refractivity contribution is -0.145. The smallest absolute Gasteiger partial charge is 0.408 e. The number of hydrogen-bond donors (Lipinski definition) is 2. The van der Waals surface area contributed by atoms with Gasteiger partial charge in [-0.3, -0.25) is 4.79 Å². The van der Waals surface area contributed by atoms with E-state index in [4.69, 9.17) is 9.47 Å². The SMILES string of the molecule is COC(=O)C(Cc1cncn1C)NC(=O)C(CC(C)C)NC(=O)OC(C)(C)C. The molecule has 0 aliphatic heterocycles. The Morgan fingerprint density at radius 3 is 2.29 bits per heavy atom. The van der Waals surface area contributed by atoms with Crippen molar-refractivity contribution in [2.45, 2.75) is 65.1 Å². The van der Waals surface area contributed by atoms with E-state index >= 15 is 0 Å². The van der Waals surface area contributed by atoms with Crippen molar-refractivity contribution < 1.29 is 23.9 Å². The molecule has 0 spiro atoms. The maximum atomic E-state index is 12.8. The first-order chi connectivity index (χ1) is 12.9. The molecule has 1 heterocycles. The van der Waals surface area contributed by atoms with Gasteiger partial charge >= 0.3 is 12.1 Å². The molecule has 2 unspecified atom stereocenters. The van der Waals surface area contributed by atoms with Crippen LogP contribution in [0.4, 0.5) is 4.79 Å². The van der Waals surface area contributed by atoms with Gasteiger partial charge in [-0.05, 0) is 33.1 Å². The fourth-order valence-corrected chi connectivity index (χ4v) is 2.55. The van der Waals surface area contributed by atoms with Crippen LogP contribution in [0.15, 0.2) is 12.5 Å². The van der Waals surface area contributed by atoms with Crippen molar-refractivity contribution in [3.63, 3.8) is 0 Å². The summed E-state index contributed by atoms with van der Waals surface area (Å²) in [7, 11) is 3.05. The minimum absolute atomic E-state index is 0.138. The molecule has 158 valence electrons. The second-order valence-corrected chi connectivity index (χ2v) is 8.11. The minimum atomic E-state index is -0.900. The van der Waals surface area contributed by atoms with E-state index in [0.717, 1.165) is 5.69 Å². The molecule has 1 aromatic rings. The van der Waals surface area contributed by atoms with Gasteiger partial charge in [0, 0.05) is 25.4 Å². The molecule has 0 aromatic carbocycles. The second kappa shape index (κ2) is 10.1. The van der Waals surface area contributed by atoms with Crippen molar-refractivity contribution in [1.29, 1.82) is 0 Å². The summed E-state index contributed by atoms with van der Waals surface area (Å²) in [6.45, 7) is 9.09. The third-order valence-electron chi connectivity index (χ3n) is 3.85. The molecule has 9 nitrogen and oxygen atoms in total. The molecule has 0 saturated carbocycles. The van der Waals surface area contributed by atoms with Crippen molar-refractivity contribution in [3.8, 4) is 0 Å². The molecule has 1 rings (SSSR count). The van der Waals surface area contributed by atoms with Crippen LogP contribution in [0.25, 0.3) is 0 Å². The molecule has 0 aliphatic rings. The van der Waals surface area contributed by atoms with E-state index in [0.29, 0.717) is 6.42 Å². The number of aryl methyl sites for hydroxylation is 1. The number of carbonyl (C=O) groups is 3. The summed E-state index contributed by atoms with van der Waals surface area (Å²) in [6.07, 6.45) is 3.15. The summed E-state index contributed by atoms with van der Waals surface area (Å²) in [5.74, 6) is -0.911. The van der Waals surface area contributed by atoms with Crippen LogP contribution in [-0.4, -0.2) is 52.3 Å². The van der Waals surface area contributed by atoms with Gasteiger partial charge < -0.3 is 24.7 Å². The molecular weight excluding hydrogens is 364 g/mol. The fraction of sp³-hybridized carbons (Fsp3) is 0.684. The van der Waals surface area contributed by atoms with E-state index < -0.39 is 35.7 Å². The molecule has 0 aliphatic carbocycles. The molecule has 0 fully saturated rings. The van der Waals surface area contributed by atoms with E-state index in [1.807, 2.05) is 13.8 Å². The number of methoxy groups -OCH3 is 1. The number of aromatic nitrogens is 2. The number of ether oxygens (including phenoxy) is 2. The lowest BCUT2D eigenvalue weighted by Gasteiger charge is -2.25. The van der Waals surface area contributed by atoms with Gasteiger partial charge in [0.25, 0.3) is 0 Å². The summed E-state index contributed by atoms with van der Waals surface area (Å²) >= 11 is 0. The van der Waals surface area contributed by atoms with Crippen LogP contribution >= 0.6 is 0 Å². The predicted molar refractivity (Wildman–Crippen MR) is 103 cm³/mol. The Hall–Kier alpha value is -2.58. The number of alkyl carbamates (subject to hydrolysis) is 1. The highest BCUT2D eigenvalue weighted by Gasteiger charge is 2.29. The first-order valence-corrected chi connectivity index (χ1v) is 9.25. The van der Waals surface area contributed by atoms with Gasteiger partial charge in [0.1, 0.15) is 17.7 Å². The van der Waals surface area contributed by atoms with Gasteiger partial charge in [0.05, 0.1) is 13.4 Å². The lowest BCUT2D eigenvalue weighted by atomic mass is 10.0. The summed E-state index contributed by atoms with van der Waals surface area (Å²) in [5, 5.41) is 5.28. The molecule has 2 amide bonds. The van der Waals surface area contributed by atoms with Crippen LogP contribution in [0.1, 0.15) is 46.7 Å². The predicted octanol–water partition coefficient (Wildman–Crippen LogP) is 1.56. The van der Waals surface area contributed by atoms with Crippen LogP contribution in [-0.2, 0) is 32.5 Å². The van der Waals surface area contributed by atoms with Crippen molar-refractivity contribution in [3.05, 3.63) is 18.2 Å². The van der Waals surface area contributed by atoms with E-state index in [9.17, 15) is 14.4 Å². The largest absolute Gasteiger partial charge is 0.467 e. The standard InChI is InChI=1S/C19H32N4O5/c1-12(2)8-14(22-18(26)28-19(3,4)5)16(24)21-15(17(25)27-7)9-13-10-20-11-23(13)6/h10-12,14-15H,8-9H2,1-7H3,(H,21,24)(H,22,26). The van der Waals surface area contributed by atoms with Gasteiger partial charge in [-0.15, -0.1) is 0 Å². The highest BCUT2D eigenvalue weighted by atomic mass is 16.6. The van der Waals surface area contributed by atoms with Crippen LogP contribution in [0.5, 0.6) is 0 Å². The number of hydrogen-bond acceptors (Lipinski definition) is 6. The summed E-state index contributed by atoms with van der Waals surface area (Å²) in [6, 6.07) is -1.74. The summed E-state index contributed by atoms with van der Waals surface area (Å²) in [5.41, 5.74) is 0.0769. The molecule has 28 heavy (non-hydrogen) atoms. The number of carbonyl (C=O) groups excluding carboxylic acids is 3. The Bertz CT molecular complexity index is 678. The van der Waals surface area contributed by atoms with E-state index in [2.05, 4.69) is 15.6 Å². The lowest BCUT2D eigenvalue weighted by Crippen LogP contribution is -2.53. The second-order valence-electron chi connectivity index (χ2n) is 8.11. The molecule has 2 atom stereocenters. The topological polar surface area (TPSA) is 112 Å². The van der Waals surface area contributed by atoms with Gasteiger partial charge in [0.2, 0.25) is 5.91 Å². The average Bonchev–Trinajstić information content (AvgIpc) is 2.95. The number of rotatable bonds is 8. The number of esters is 1. The zero-order valence-corrected chi connectivity index (χ0v) is 17.7. The molecule has 0 saturated heterocycles. The highest BCUT2D eigenvalue weighted by Crippen LogP contribution is 2.11. The third kappa shape index (κ3) is 7.98. The Morgan fingerprint density at radius 1 is 1.18 bits per heavy atom. The normalized spacial score (nSPS) is 13.6. The Balaban J connectivity index is 2.90. The van der Waals surface area contributed by atoms with Crippen LogP contribution in [0.3, 0.4) is 0 Å². The van der Waals surface area contributed by atoms with Gasteiger partial charge in [-0.2, -0.15) is 0 Å². The summed E-state index contributed by atoms with van der Waals surface area (Å²) < 4.78 is 11.8. The van der Waals surface area contributed by atoms with Crippen molar-refractivity contribution in [2.75, 3.05) is 7.11 Å². The van der Waals surface area contributed by atoms with Gasteiger partial charge in [-0.25, -0.2) is 14.6 Å². The van der Waals surface area contributed by atoms with Crippen LogP contribution in [0.2, 0.25) is 0 Å². The van der Waals surface area contributed by atoms with Crippen molar-refractivity contribution >= 4 is 18.0 Å². The third-order valence-corrected chi connectivity index (χ3v) is 3.85. The van der Waals surface area contributed by atoms with E-state index in [1.54, 1.807) is 44.9 Å². The van der Waals surface area contributed by atoms with Crippen molar-refractivity contribution in [2.24, 2.45) is 13.0 Å². The molecule has 0 radical (unpaired) electrons. The van der Waals surface area contributed by atoms with E-state index in [-0.39, 0.29) is 12.3 Å². The summed E-state index contributed by atoms with van der Waals surface area (Å²) in [4.78, 5) is 41.1. The molecule has 9 heteroatoms. The number of imidazole rings is 1. The van der Waals surface area contributed by atoms with Gasteiger partial charge in [0.15, 0.2) is 0 Å². The van der Waals surface area contributed by atoms with E-state index in [1.165, 1.54) is 7.11 Å². The molecule has 2 N–H and O–H groups in total. The average molecular weight is 396 g/mol. The van der Waals surface area contributed by atoms with Crippen molar-refractivity contribution in [1.82, 2.24) is 20.2 Å². The first-order valence-electron chi connectivity index (χ1n) is 9.25. The monoisotopic (exact) mass is 396 g/mol. The quantitative estimate of drug-likeness (QED) is 0.645. The van der Waals surface area contributed by atoms with Crippen LogP contribution < -0.4 is 10.6 Å². The molecular formula is C19H32N4O5. The number of nitrogens with one attached hydrogen (secondary N) is 2.